The van der Waals surface area contributed by atoms with Gasteiger partial charge >= 0.3 is 0 Å². The molecule has 0 spiro atoms. The summed E-state index contributed by atoms with van der Waals surface area (Å²) in [5.41, 5.74) is 5.39. The highest BCUT2D eigenvalue weighted by atomic mass is 16.5. The summed E-state index contributed by atoms with van der Waals surface area (Å²) in [6.07, 6.45) is 7.68. The summed E-state index contributed by atoms with van der Waals surface area (Å²) >= 11 is 0. The van der Waals surface area contributed by atoms with Gasteiger partial charge in [0.2, 0.25) is 0 Å². The Morgan fingerprint density at radius 1 is 1.09 bits per heavy atom. The summed E-state index contributed by atoms with van der Waals surface area (Å²) in [6.45, 7) is 8.94. The average Bonchev–Trinajstić information content (AvgIpc) is 2.54. The summed E-state index contributed by atoms with van der Waals surface area (Å²) in [5, 5.41) is 0. The molecule has 0 bridgehead atoms. The van der Waals surface area contributed by atoms with Crippen LogP contribution in [0.25, 0.3) is 6.08 Å². The van der Waals surface area contributed by atoms with Gasteiger partial charge in [-0.15, -0.1) is 0 Å². The molecule has 0 aliphatic heterocycles. The fourth-order valence-corrected chi connectivity index (χ4v) is 3.01. The highest BCUT2D eigenvalue weighted by Gasteiger charge is 2.17. The van der Waals surface area contributed by atoms with Gasteiger partial charge < -0.3 is 4.74 Å². The van der Waals surface area contributed by atoms with Crippen LogP contribution in [0.3, 0.4) is 0 Å². The lowest BCUT2D eigenvalue weighted by atomic mass is 9.85. The molecule has 0 heterocycles. The van der Waals surface area contributed by atoms with Crippen molar-refractivity contribution in [1.82, 2.24) is 0 Å². The van der Waals surface area contributed by atoms with Crippen molar-refractivity contribution in [3.05, 3.63) is 64.7 Å². The Bertz CT molecular complexity index is 732. The highest BCUT2D eigenvalue weighted by Crippen LogP contribution is 2.34. The molecular formula is C22H26O. The predicted octanol–water partition coefficient (Wildman–Crippen LogP) is 6.30. The van der Waals surface area contributed by atoms with Gasteiger partial charge in [-0.2, -0.15) is 0 Å². The van der Waals surface area contributed by atoms with E-state index in [1.807, 2.05) is 0 Å². The molecule has 1 heteroatoms. The average molecular weight is 306 g/mol. The van der Waals surface area contributed by atoms with Crippen LogP contribution in [0.15, 0.2) is 42.5 Å². The Labute approximate surface area is 140 Å². The van der Waals surface area contributed by atoms with Crippen LogP contribution in [0.1, 0.15) is 56.4 Å². The lowest BCUT2D eigenvalue weighted by Crippen LogP contribution is -2.11. The largest absolute Gasteiger partial charge is 0.457 e. The number of hydrogen-bond acceptors (Lipinski definition) is 1. The van der Waals surface area contributed by atoms with E-state index in [9.17, 15) is 0 Å². The second kappa shape index (κ2) is 6.23. The number of hydrogen-bond donors (Lipinski definition) is 0. The molecule has 0 fully saturated rings. The summed E-state index contributed by atoms with van der Waals surface area (Å²) in [4.78, 5) is 0. The van der Waals surface area contributed by atoms with Gasteiger partial charge in [0.1, 0.15) is 11.5 Å². The lowest BCUT2D eigenvalue weighted by molar-refractivity contribution is 0.475. The summed E-state index contributed by atoms with van der Waals surface area (Å²) in [6, 6.07) is 13.0. The molecule has 0 N–H and O–H groups in total. The van der Waals surface area contributed by atoms with Gasteiger partial charge in [0.05, 0.1) is 0 Å². The molecule has 1 aliphatic carbocycles. The topological polar surface area (TPSA) is 9.23 Å². The zero-order valence-electron chi connectivity index (χ0n) is 14.6. The molecule has 0 saturated heterocycles. The minimum Gasteiger partial charge on any atom is -0.457 e. The molecule has 0 radical (unpaired) electrons. The Morgan fingerprint density at radius 2 is 1.91 bits per heavy atom. The maximum absolute atomic E-state index is 6.30. The third-order valence-electron chi connectivity index (χ3n) is 4.49. The molecule has 1 aliphatic rings. The Hall–Kier alpha value is -2.02. The molecule has 0 aromatic heterocycles. The molecule has 23 heavy (non-hydrogen) atoms. The third kappa shape index (κ3) is 3.50. The normalized spacial score (nSPS) is 13.7. The van der Waals surface area contributed by atoms with Crippen LogP contribution >= 0.6 is 0 Å². The first-order chi connectivity index (χ1) is 11.0. The van der Waals surface area contributed by atoms with E-state index in [1.165, 1.54) is 22.3 Å². The van der Waals surface area contributed by atoms with Crippen molar-refractivity contribution in [3.8, 4) is 11.5 Å². The van der Waals surface area contributed by atoms with E-state index in [1.54, 1.807) is 0 Å². The van der Waals surface area contributed by atoms with Crippen molar-refractivity contribution >= 4 is 6.08 Å². The molecule has 0 atom stereocenters. The van der Waals surface area contributed by atoms with Crippen LogP contribution < -0.4 is 4.74 Å². The molecule has 0 saturated carbocycles. The second-order valence-corrected chi connectivity index (χ2v) is 7.34. The first-order valence-electron chi connectivity index (χ1n) is 8.58. The number of rotatable bonds is 3. The van der Waals surface area contributed by atoms with E-state index < -0.39 is 0 Å². The van der Waals surface area contributed by atoms with Crippen molar-refractivity contribution in [2.45, 2.75) is 52.4 Å². The van der Waals surface area contributed by atoms with Crippen LogP contribution in [0.2, 0.25) is 0 Å². The predicted molar refractivity (Wildman–Crippen MR) is 98.4 cm³/mol. The molecule has 120 valence electrons. The zero-order chi connectivity index (χ0) is 16.4. The smallest absolute Gasteiger partial charge is 0.134 e. The van der Waals surface area contributed by atoms with Crippen molar-refractivity contribution < 1.29 is 4.74 Å². The molecule has 1 nitrogen and oxygen atoms in total. The molecule has 2 aromatic rings. The third-order valence-corrected chi connectivity index (χ3v) is 4.49. The molecule has 0 amide bonds. The fourth-order valence-electron chi connectivity index (χ4n) is 3.01. The van der Waals surface area contributed by atoms with Crippen LogP contribution in [0.4, 0.5) is 0 Å². The number of aryl methyl sites for hydroxylation is 2. The Morgan fingerprint density at radius 3 is 2.65 bits per heavy atom. The van der Waals surface area contributed by atoms with Gasteiger partial charge in [0.15, 0.2) is 0 Å². The first kappa shape index (κ1) is 15.9. The van der Waals surface area contributed by atoms with Gasteiger partial charge in [-0.25, -0.2) is 0 Å². The molecule has 2 aromatic carbocycles. The molecular weight excluding hydrogens is 280 g/mol. The van der Waals surface area contributed by atoms with E-state index in [-0.39, 0.29) is 5.41 Å². The fraction of sp³-hybridized carbons (Fsp3) is 0.364. The lowest BCUT2D eigenvalue weighted by Gasteiger charge is -2.22. The highest BCUT2D eigenvalue weighted by molar-refractivity contribution is 5.64. The summed E-state index contributed by atoms with van der Waals surface area (Å²) in [7, 11) is 0. The van der Waals surface area contributed by atoms with Crippen molar-refractivity contribution in [1.29, 1.82) is 0 Å². The number of benzene rings is 2. The van der Waals surface area contributed by atoms with Crippen LogP contribution in [0.5, 0.6) is 11.5 Å². The van der Waals surface area contributed by atoms with Crippen LogP contribution in [-0.2, 0) is 18.3 Å². The van der Waals surface area contributed by atoms with E-state index in [4.69, 9.17) is 4.74 Å². The van der Waals surface area contributed by atoms with Crippen molar-refractivity contribution in [2.75, 3.05) is 0 Å². The van der Waals surface area contributed by atoms with Crippen LogP contribution in [0, 0.1) is 0 Å². The van der Waals surface area contributed by atoms with E-state index in [2.05, 4.69) is 76.2 Å². The number of allylic oxidation sites excluding steroid dienone is 1. The zero-order valence-corrected chi connectivity index (χ0v) is 14.6. The quantitative estimate of drug-likeness (QED) is 0.646. The molecule has 0 unspecified atom stereocenters. The number of fused-ring (bicyclic) bond motifs is 1. The van der Waals surface area contributed by atoms with Crippen LogP contribution in [-0.4, -0.2) is 0 Å². The van der Waals surface area contributed by atoms with E-state index >= 15 is 0 Å². The Balaban J connectivity index is 1.99. The Kier molecular flexibility index (Phi) is 4.30. The van der Waals surface area contributed by atoms with Gasteiger partial charge in [-0.3, -0.25) is 0 Å². The first-order valence-corrected chi connectivity index (χ1v) is 8.58. The van der Waals surface area contributed by atoms with Crippen molar-refractivity contribution in [3.63, 3.8) is 0 Å². The maximum atomic E-state index is 6.30. The van der Waals surface area contributed by atoms with Crippen molar-refractivity contribution in [2.24, 2.45) is 0 Å². The SMILES string of the molecule is CCc1cc(Oc2cccc3c2C=CCC3)cc(C(C)(C)C)c1. The number of ether oxygens (including phenoxy) is 1. The van der Waals surface area contributed by atoms with Gasteiger partial charge in [-0.1, -0.05) is 58.0 Å². The van der Waals surface area contributed by atoms with Gasteiger partial charge in [0.25, 0.3) is 0 Å². The van der Waals surface area contributed by atoms with E-state index in [0.717, 1.165) is 30.8 Å². The minimum atomic E-state index is 0.124. The monoisotopic (exact) mass is 306 g/mol. The summed E-state index contributed by atoms with van der Waals surface area (Å²) < 4.78 is 6.30. The standard InChI is InChI=1S/C22H26O/c1-5-16-13-18(22(2,3)4)15-19(14-16)23-21-12-8-10-17-9-6-7-11-20(17)21/h7-8,10-15H,5-6,9H2,1-4H3. The summed E-state index contributed by atoms with van der Waals surface area (Å²) in [5.74, 6) is 1.91. The minimum absolute atomic E-state index is 0.124. The van der Waals surface area contributed by atoms with E-state index in [0.29, 0.717) is 0 Å². The van der Waals surface area contributed by atoms with Gasteiger partial charge in [-0.05, 0) is 59.6 Å². The molecule has 3 rings (SSSR count). The maximum Gasteiger partial charge on any atom is 0.134 e. The van der Waals surface area contributed by atoms with Gasteiger partial charge in [0, 0.05) is 5.56 Å². The second-order valence-electron chi connectivity index (χ2n) is 7.34.